The standard InChI is InChI=1S/C15H17ClN2O3/c16-11-3-1-10(2-4-11)14(5-6-14)12(19)15(18-13(20)21)7-8-17-9-15/h1-4,17-18H,5-9H2,(H,20,21)/t15-/m0/s1. The van der Waals surface area contributed by atoms with Gasteiger partial charge in [-0.05, 0) is 43.5 Å². The molecule has 1 aromatic carbocycles. The molecular formula is C15H17ClN2O3. The fraction of sp³-hybridized carbons (Fsp3) is 0.467. The zero-order chi connectivity index (χ0) is 15.1. The number of Topliss-reactive ketones (excluding diaryl/α,β-unsaturated/α-hetero) is 1. The maximum atomic E-state index is 13.1. The normalized spacial score (nSPS) is 26.3. The summed E-state index contributed by atoms with van der Waals surface area (Å²) in [6.45, 7) is 0.996. The monoisotopic (exact) mass is 308 g/mol. The predicted molar refractivity (Wildman–Crippen MR) is 78.7 cm³/mol. The van der Waals surface area contributed by atoms with E-state index in [1.807, 2.05) is 12.1 Å². The lowest BCUT2D eigenvalue weighted by Gasteiger charge is -2.31. The van der Waals surface area contributed by atoms with Gasteiger partial charge in [-0.25, -0.2) is 4.79 Å². The van der Waals surface area contributed by atoms with Gasteiger partial charge in [0.25, 0.3) is 0 Å². The third-order valence-electron chi connectivity index (χ3n) is 4.52. The van der Waals surface area contributed by atoms with Gasteiger partial charge in [0.05, 0.1) is 5.41 Å². The second-order valence-electron chi connectivity index (χ2n) is 5.86. The zero-order valence-corrected chi connectivity index (χ0v) is 12.2. The number of carbonyl (C=O) groups is 2. The molecule has 0 unspecified atom stereocenters. The molecule has 1 aliphatic carbocycles. The third kappa shape index (κ3) is 2.40. The summed E-state index contributed by atoms with van der Waals surface area (Å²) in [6.07, 6.45) is 0.861. The maximum absolute atomic E-state index is 13.1. The molecule has 1 saturated carbocycles. The average Bonchev–Trinajstić information content (AvgIpc) is 3.12. The number of carbonyl (C=O) groups excluding carboxylic acids is 1. The Morgan fingerprint density at radius 1 is 1.19 bits per heavy atom. The van der Waals surface area contributed by atoms with Crippen LogP contribution in [0.4, 0.5) is 4.79 Å². The quantitative estimate of drug-likeness (QED) is 0.794. The molecular weight excluding hydrogens is 292 g/mol. The molecule has 2 fully saturated rings. The summed E-state index contributed by atoms with van der Waals surface area (Å²) in [5.41, 5.74) is -0.642. The summed E-state index contributed by atoms with van der Waals surface area (Å²) in [7, 11) is 0. The van der Waals surface area contributed by atoms with Crippen LogP contribution in [0.25, 0.3) is 0 Å². The van der Waals surface area contributed by atoms with Gasteiger partial charge in [0.1, 0.15) is 5.54 Å². The van der Waals surface area contributed by atoms with Crippen LogP contribution >= 0.6 is 11.6 Å². The number of nitrogens with one attached hydrogen (secondary N) is 2. The third-order valence-corrected chi connectivity index (χ3v) is 4.77. The number of ketones is 1. The zero-order valence-electron chi connectivity index (χ0n) is 11.5. The number of rotatable bonds is 4. The highest BCUT2D eigenvalue weighted by molar-refractivity contribution is 6.30. The van der Waals surface area contributed by atoms with Gasteiger partial charge in [0, 0.05) is 11.6 Å². The molecule has 0 radical (unpaired) electrons. The largest absolute Gasteiger partial charge is 0.465 e. The number of amides is 1. The van der Waals surface area contributed by atoms with Crippen LogP contribution in [0.5, 0.6) is 0 Å². The highest BCUT2D eigenvalue weighted by Crippen LogP contribution is 2.51. The first kappa shape index (κ1) is 14.4. The molecule has 5 nitrogen and oxygen atoms in total. The Kier molecular flexibility index (Phi) is 3.42. The molecule has 1 atom stereocenters. The molecule has 1 aliphatic heterocycles. The number of hydrogen-bond acceptors (Lipinski definition) is 3. The Balaban J connectivity index is 1.92. The van der Waals surface area contributed by atoms with Gasteiger partial charge < -0.3 is 15.7 Å². The smallest absolute Gasteiger partial charge is 0.405 e. The van der Waals surface area contributed by atoms with Gasteiger partial charge in [-0.15, -0.1) is 0 Å². The molecule has 0 aromatic heterocycles. The van der Waals surface area contributed by atoms with E-state index in [-0.39, 0.29) is 5.78 Å². The van der Waals surface area contributed by atoms with Crippen molar-refractivity contribution in [2.24, 2.45) is 0 Å². The second kappa shape index (κ2) is 5.00. The minimum Gasteiger partial charge on any atom is -0.465 e. The molecule has 0 bridgehead atoms. The van der Waals surface area contributed by atoms with Crippen LogP contribution in [0, 0.1) is 0 Å². The highest BCUT2D eigenvalue weighted by atomic mass is 35.5. The summed E-state index contributed by atoms with van der Waals surface area (Å²) in [5, 5.41) is 15.3. The van der Waals surface area contributed by atoms with Gasteiger partial charge in [-0.2, -0.15) is 0 Å². The minimum absolute atomic E-state index is 0.0234. The number of benzene rings is 1. The molecule has 6 heteroatoms. The highest BCUT2D eigenvalue weighted by Gasteiger charge is 2.59. The van der Waals surface area contributed by atoms with Crippen molar-refractivity contribution in [2.45, 2.75) is 30.2 Å². The van der Waals surface area contributed by atoms with Gasteiger partial charge in [0.15, 0.2) is 5.78 Å². The summed E-state index contributed by atoms with van der Waals surface area (Å²) in [5.74, 6) is -0.0234. The first-order valence-corrected chi connectivity index (χ1v) is 7.39. The van der Waals surface area contributed by atoms with Crippen LogP contribution in [-0.4, -0.2) is 35.6 Å². The Labute approximate surface area is 127 Å². The van der Waals surface area contributed by atoms with Crippen molar-refractivity contribution >= 4 is 23.5 Å². The molecule has 21 heavy (non-hydrogen) atoms. The van der Waals surface area contributed by atoms with Crippen molar-refractivity contribution < 1.29 is 14.7 Å². The lowest BCUT2D eigenvalue weighted by atomic mass is 9.79. The van der Waals surface area contributed by atoms with Crippen LogP contribution in [0.15, 0.2) is 24.3 Å². The van der Waals surface area contributed by atoms with Gasteiger partial charge >= 0.3 is 6.09 Å². The predicted octanol–water partition coefficient (Wildman–Crippen LogP) is 1.94. The maximum Gasteiger partial charge on any atom is 0.405 e. The van der Waals surface area contributed by atoms with Crippen molar-refractivity contribution in [1.82, 2.24) is 10.6 Å². The first-order valence-electron chi connectivity index (χ1n) is 7.01. The second-order valence-corrected chi connectivity index (χ2v) is 6.29. The Bertz CT molecular complexity index is 575. The van der Waals surface area contributed by atoms with E-state index in [0.29, 0.717) is 24.5 Å². The van der Waals surface area contributed by atoms with Crippen LogP contribution in [0.2, 0.25) is 5.02 Å². The molecule has 1 saturated heterocycles. The van der Waals surface area contributed by atoms with E-state index in [0.717, 1.165) is 18.4 Å². The van der Waals surface area contributed by atoms with E-state index in [1.165, 1.54) is 0 Å². The molecule has 3 rings (SSSR count). The molecule has 1 amide bonds. The van der Waals surface area contributed by atoms with Gasteiger partial charge in [-0.1, -0.05) is 23.7 Å². The van der Waals surface area contributed by atoms with Crippen molar-refractivity contribution in [3.05, 3.63) is 34.9 Å². The molecule has 2 aliphatic rings. The van der Waals surface area contributed by atoms with Crippen molar-refractivity contribution in [1.29, 1.82) is 0 Å². The van der Waals surface area contributed by atoms with Gasteiger partial charge in [-0.3, -0.25) is 4.79 Å². The molecule has 3 N–H and O–H groups in total. The Hall–Kier alpha value is -1.59. The number of hydrogen-bond donors (Lipinski definition) is 3. The minimum atomic E-state index is -1.15. The first-order chi connectivity index (χ1) is 9.98. The lowest BCUT2D eigenvalue weighted by molar-refractivity contribution is -0.127. The topological polar surface area (TPSA) is 78.4 Å². The van der Waals surface area contributed by atoms with E-state index < -0.39 is 17.0 Å². The number of carboxylic acid groups (broad SMARTS) is 1. The van der Waals surface area contributed by atoms with Crippen LogP contribution in [0.1, 0.15) is 24.8 Å². The van der Waals surface area contributed by atoms with Gasteiger partial charge in [0.2, 0.25) is 0 Å². The van der Waals surface area contributed by atoms with Crippen LogP contribution in [-0.2, 0) is 10.2 Å². The van der Waals surface area contributed by atoms with Crippen LogP contribution in [0.3, 0.4) is 0 Å². The van der Waals surface area contributed by atoms with Crippen molar-refractivity contribution in [2.75, 3.05) is 13.1 Å². The molecule has 1 aromatic rings. The van der Waals surface area contributed by atoms with E-state index in [2.05, 4.69) is 10.6 Å². The summed E-state index contributed by atoms with van der Waals surface area (Å²) >= 11 is 5.90. The summed E-state index contributed by atoms with van der Waals surface area (Å²) < 4.78 is 0. The van der Waals surface area contributed by atoms with Crippen LogP contribution < -0.4 is 10.6 Å². The molecule has 1 heterocycles. The van der Waals surface area contributed by atoms with E-state index in [4.69, 9.17) is 16.7 Å². The SMILES string of the molecule is O=C(O)N[C@@]1(C(=O)C2(c3ccc(Cl)cc3)CC2)CCNC1. The lowest BCUT2D eigenvalue weighted by Crippen LogP contribution is -2.59. The average molecular weight is 309 g/mol. The van der Waals surface area contributed by atoms with Crippen molar-refractivity contribution in [3.8, 4) is 0 Å². The van der Waals surface area contributed by atoms with Crippen molar-refractivity contribution in [3.63, 3.8) is 0 Å². The summed E-state index contributed by atoms with van der Waals surface area (Å²) in [6, 6.07) is 7.27. The van der Waals surface area contributed by atoms with E-state index in [9.17, 15) is 9.59 Å². The molecule has 0 spiro atoms. The summed E-state index contributed by atoms with van der Waals surface area (Å²) in [4.78, 5) is 24.2. The Morgan fingerprint density at radius 2 is 1.86 bits per heavy atom. The fourth-order valence-electron chi connectivity index (χ4n) is 3.25. The van der Waals surface area contributed by atoms with E-state index >= 15 is 0 Å². The Morgan fingerprint density at radius 3 is 2.33 bits per heavy atom. The molecule has 112 valence electrons. The number of halogens is 1. The fourth-order valence-corrected chi connectivity index (χ4v) is 3.38. The van der Waals surface area contributed by atoms with E-state index in [1.54, 1.807) is 12.1 Å².